The first-order chi connectivity index (χ1) is 6.00. The quantitative estimate of drug-likeness (QED) is 0.604. The molecule has 1 unspecified atom stereocenters. The van der Waals surface area contributed by atoms with E-state index < -0.39 is 18.0 Å². The van der Waals surface area contributed by atoms with Gasteiger partial charge in [-0.3, -0.25) is 4.79 Å². The first kappa shape index (κ1) is 9.98. The van der Waals surface area contributed by atoms with Gasteiger partial charge in [-0.15, -0.1) is 0 Å². The molecule has 1 aliphatic heterocycles. The normalized spacial score (nSPS) is 22.5. The Morgan fingerprint density at radius 2 is 1.85 bits per heavy atom. The molecule has 3 N–H and O–H groups in total. The fourth-order valence-electron chi connectivity index (χ4n) is 1.89. The molecule has 13 heavy (non-hydrogen) atoms. The highest BCUT2D eigenvalue weighted by Gasteiger charge is 2.47. The number of nitrogens with two attached hydrogens (primary N) is 1. The van der Waals surface area contributed by atoms with Gasteiger partial charge in [-0.1, -0.05) is 0 Å². The highest BCUT2D eigenvalue weighted by Crippen LogP contribution is 2.23. The predicted octanol–water partition coefficient (Wildman–Crippen LogP) is 0.149. The standard InChI is InChI=1S/C8H14N2O3/c1-6(7(9)11)10(8(12)13)4-2-3-5-10/h6H,2-5H2,1H3,(H2-,9,11,12,13)/p+1. The maximum Gasteiger partial charge on any atom is 0.514 e. The van der Waals surface area contributed by atoms with Crippen molar-refractivity contribution in [3.8, 4) is 0 Å². The summed E-state index contributed by atoms with van der Waals surface area (Å²) in [6, 6.07) is -0.625. The van der Waals surface area contributed by atoms with Crippen molar-refractivity contribution in [1.82, 2.24) is 0 Å². The van der Waals surface area contributed by atoms with Crippen molar-refractivity contribution in [3.05, 3.63) is 0 Å². The van der Waals surface area contributed by atoms with Gasteiger partial charge in [-0.05, 0) is 6.92 Å². The summed E-state index contributed by atoms with van der Waals surface area (Å²) in [5.74, 6) is -0.538. The van der Waals surface area contributed by atoms with Crippen LogP contribution in [0.5, 0.6) is 0 Å². The van der Waals surface area contributed by atoms with Gasteiger partial charge in [-0.2, -0.15) is 4.79 Å². The summed E-state index contributed by atoms with van der Waals surface area (Å²) >= 11 is 0. The van der Waals surface area contributed by atoms with Gasteiger partial charge in [-0.25, -0.2) is 4.48 Å². The minimum atomic E-state index is -0.941. The van der Waals surface area contributed by atoms with Gasteiger partial charge in [0.2, 0.25) is 0 Å². The number of carbonyl (C=O) groups excluding carboxylic acids is 1. The molecular weight excluding hydrogens is 172 g/mol. The van der Waals surface area contributed by atoms with E-state index >= 15 is 0 Å². The lowest BCUT2D eigenvalue weighted by Crippen LogP contribution is -2.60. The van der Waals surface area contributed by atoms with Crippen LogP contribution in [-0.4, -0.2) is 40.7 Å². The number of hydrogen-bond donors (Lipinski definition) is 2. The molecule has 0 aromatic heterocycles. The molecule has 5 nitrogen and oxygen atoms in total. The van der Waals surface area contributed by atoms with Gasteiger partial charge in [0.1, 0.15) is 0 Å². The van der Waals surface area contributed by atoms with Crippen molar-refractivity contribution in [2.24, 2.45) is 5.73 Å². The van der Waals surface area contributed by atoms with Crippen LogP contribution in [0.4, 0.5) is 4.79 Å². The molecule has 1 rings (SSSR count). The monoisotopic (exact) mass is 187 g/mol. The second kappa shape index (κ2) is 3.33. The Morgan fingerprint density at radius 3 is 2.15 bits per heavy atom. The minimum Gasteiger partial charge on any atom is -0.435 e. The molecule has 1 aliphatic rings. The van der Waals surface area contributed by atoms with Crippen molar-refractivity contribution >= 4 is 12.0 Å². The van der Waals surface area contributed by atoms with Crippen LogP contribution in [0.3, 0.4) is 0 Å². The van der Waals surface area contributed by atoms with E-state index in [1.54, 1.807) is 6.92 Å². The lowest BCUT2D eigenvalue weighted by Gasteiger charge is -2.31. The Hall–Kier alpha value is -1.10. The molecule has 0 radical (unpaired) electrons. The van der Waals surface area contributed by atoms with Gasteiger partial charge in [0.05, 0.1) is 13.1 Å². The van der Waals surface area contributed by atoms with Crippen molar-refractivity contribution in [2.75, 3.05) is 13.1 Å². The number of nitrogens with zero attached hydrogens (tertiary/aromatic N) is 1. The van der Waals surface area contributed by atoms with Gasteiger partial charge >= 0.3 is 6.09 Å². The lowest BCUT2D eigenvalue weighted by molar-refractivity contribution is -0.859. The van der Waals surface area contributed by atoms with Crippen molar-refractivity contribution < 1.29 is 19.2 Å². The van der Waals surface area contributed by atoms with Crippen LogP contribution in [0, 0.1) is 0 Å². The summed E-state index contributed by atoms with van der Waals surface area (Å²) in [5.41, 5.74) is 5.12. The van der Waals surface area contributed by atoms with Gasteiger partial charge in [0, 0.05) is 12.8 Å². The van der Waals surface area contributed by atoms with Gasteiger partial charge in [0.15, 0.2) is 6.04 Å². The van der Waals surface area contributed by atoms with Crippen molar-refractivity contribution in [3.63, 3.8) is 0 Å². The maximum absolute atomic E-state index is 11.0. The maximum atomic E-state index is 11.0. The number of amides is 2. The van der Waals surface area contributed by atoms with E-state index in [4.69, 9.17) is 10.8 Å². The van der Waals surface area contributed by atoms with E-state index in [1.807, 2.05) is 0 Å². The Bertz CT molecular complexity index is 234. The number of quaternary nitrogens is 1. The lowest BCUT2D eigenvalue weighted by atomic mass is 10.2. The second-order valence-corrected chi connectivity index (χ2v) is 3.55. The topological polar surface area (TPSA) is 80.4 Å². The fraction of sp³-hybridized carbons (Fsp3) is 0.750. The third-order valence-corrected chi connectivity index (χ3v) is 2.90. The molecule has 0 aliphatic carbocycles. The van der Waals surface area contributed by atoms with E-state index in [9.17, 15) is 9.59 Å². The summed E-state index contributed by atoms with van der Waals surface area (Å²) in [7, 11) is 0. The number of hydrogen-bond acceptors (Lipinski definition) is 2. The average Bonchev–Trinajstić information content (AvgIpc) is 2.51. The van der Waals surface area contributed by atoms with E-state index in [0.29, 0.717) is 13.1 Å². The van der Waals surface area contributed by atoms with Gasteiger partial charge < -0.3 is 10.8 Å². The number of primary amides is 1. The van der Waals surface area contributed by atoms with E-state index in [-0.39, 0.29) is 4.48 Å². The summed E-state index contributed by atoms with van der Waals surface area (Å²) < 4.78 is -0.185. The zero-order valence-electron chi connectivity index (χ0n) is 7.69. The van der Waals surface area contributed by atoms with Crippen LogP contribution in [0.2, 0.25) is 0 Å². The molecule has 1 atom stereocenters. The fourth-order valence-corrected chi connectivity index (χ4v) is 1.89. The Morgan fingerprint density at radius 1 is 1.38 bits per heavy atom. The molecular formula is C8H15N2O3+. The SMILES string of the molecule is CC(C(N)=O)[N+]1(C(=O)O)CCCC1. The molecule has 2 amide bonds. The molecule has 5 heteroatoms. The van der Waals surface area contributed by atoms with E-state index in [0.717, 1.165) is 12.8 Å². The summed E-state index contributed by atoms with van der Waals surface area (Å²) in [5, 5.41) is 9.05. The average molecular weight is 187 g/mol. The Kier molecular flexibility index (Phi) is 2.56. The third kappa shape index (κ3) is 1.51. The van der Waals surface area contributed by atoms with Crippen LogP contribution >= 0.6 is 0 Å². The number of likely N-dealkylation sites (tertiary alicyclic amines) is 1. The number of carbonyl (C=O) groups is 2. The number of rotatable bonds is 2. The Labute approximate surface area is 76.7 Å². The number of carboxylic acid groups (broad SMARTS) is 1. The Balaban J connectivity index is 2.90. The predicted molar refractivity (Wildman–Crippen MR) is 45.9 cm³/mol. The molecule has 0 bridgehead atoms. The summed E-state index contributed by atoms with van der Waals surface area (Å²) in [6.07, 6.45) is 0.761. The molecule has 1 heterocycles. The first-order valence-electron chi connectivity index (χ1n) is 4.40. The van der Waals surface area contributed by atoms with Crippen LogP contribution in [0.1, 0.15) is 19.8 Å². The molecule has 0 saturated carbocycles. The zero-order valence-corrected chi connectivity index (χ0v) is 7.69. The van der Waals surface area contributed by atoms with E-state index in [1.165, 1.54) is 0 Å². The molecule has 74 valence electrons. The second-order valence-electron chi connectivity index (χ2n) is 3.55. The zero-order chi connectivity index (χ0) is 10.1. The first-order valence-corrected chi connectivity index (χ1v) is 4.40. The molecule has 0 aromatic rings. The highest BCUT2D eigenvalue weighted by molar-refractivity contribution is 5.80. The van der Waals surface area contributed by atoms with Gasteiger partial charge in [0.25, 0.3) is 5.91 Å². The third-order valence-electron chi connectivity index (χ3n) is 2.90. The van der Waals surface area contributed by atoms with Crippen LogP contribution in [0.25, 0.3) is 0 Å². The minimum absolute atomic E-state index is 0.185. The summed E-state index contributed by atoms with van der Waals surface area (Å²) in [4.78, 5) is 22.0. The molecule has 0 aromatic carbocycles. The molecule has 0 spiro atoms. The molecule has 1 fully saturated rings. The van der Waals surface area contributed by atoms with Crippen LogP contribution in [0.15, 0.2) is 0 Å². The van der Waals surface area contributed by atoms with Crippen molar-refractivity contribution in [1.29, 1.82) is 0 Å². The van der Waals surface area contributed by atoms with Crippen LogP contribution < -0.4 is 5.73 Å². The highest BCUT2D eigenvalue weighted by atomic mass is 16.4. The smallest absolute Gasteiger partial charge is 0.435 e. The van der Waals surface area contributed by atoms with Crippen LogP contribution in [-0.2, 0) is 4.79 Å². The largest absolute Gasteiger partial charge is 0.514 e. The molecule has 1 saturated heterocycles. The van der Waals surface area contributed by atoms with Crippen molar-refractivity contribution in [2.45, 2.75) is 25.8 Å². The summed E-state index contributed by atoms with van der Waals surface area (Å²) in [6.45, 7) is 2.61. The van der Waals surface area contributed by atoms with E-state index in [2.05, 4.69) is 0 Å².